The maximum atomic E-state index is 13.3. The zero-order valence-corrected chi connectivity index (χ0v) is 11.6. The molecule has 1 amide bonds. The summed E-state index contributed by atoms with van der Waals surface area (Å²) in [6.07, 6.45) is 3.34. The van der Waals surface area contributed by atoms with Crippen LogP contribution in [0.15, 0.2) is 48.7 Å². The van der Waals surface area contributed by atoms with Gasteiger partial charge in [0.15, 0.2) is 18.2 Å². The van der Waals surface area contributed by atoms with E-state index in [-0.39, 0.29) is 18.3 Å². The van der Waals surface area contributed by atoms with Crippen molar-refractivity contribution in [3.05, 3.63) is 60.2 Å². The molecule has 2 aromatic rings. The first-order chi connectivity index (χ1) is 10.3. The Bertz CT molecular complexity index is 575. The quantitative estimate of drug-likeness (QED) is 0.796. The summed E-state index contributed by atoms with van der Waals surface area (Å²) in [5, 5.41) is 2.73. The normalized spacial score (nSPS) is 10.1. The number of aryl methyl sites for hydroxylation is 1. The van der Waals surface area contributed by atoms with Crippen LogP contribution in [0, 0.1) is 5.82 Å². The molecule has 0 aliphatic heterocycles. The molecule has 4 nitrogen and oxygen atoms in total. The van der Waals surface area contributed by atoms with E-state index >= 15 is 0 Å². The van der Waals surface area contributed by atoms with E-state index in [9.17, 15) is 9.18 Å². The van der Waals surface area contributed by atoms with Crippen LogP contribution in [0.2, 0.25) is 0 Å². The highest BCUT2D eigenvalue weighted by atomic mass is 19.1. The molecule has 0 fully saturated rings. The fourth-order valence-electron chi connectivity index (χ4n) is 1.80. The van der Waals surface area contributed by atoms with Crippen LogP contribution in [0.4, 0.5) is 4.39 Å². The number of amides is 1. The largest absolute Gasteiger partial charge is 0.481 e. The second-order valence-electron chi connectivity index (χ2n) is 4.49. The highest BCUT2D eigenvalue weighted by Gasteiger charge is 2.05. The van der Waals surface area contributed by atoms with Gasteiger partial charge in [-0.1, -0.05) is 18.2 Å². The lowest BCUT2D eigenvalue weighted by atomic mass is 10.2. The van der Waals surface area contributed by atoms with Gasteiger partial charge in [0.25, 0.3) is 5.91 Å². The van der Waals surface area contributed by atoms with Gasteiger partial charge in [-0.25, -0.2) is 4.39 Å². The van der Waals surface area contributed by atoms with E-state index in [1.54, 1.807) is 18.3 Å². The van der Waals surface area contributed by atoms with Crippen LogP contribution < -0.4 is 10.1 Å². The Morgan fingerprint density at radius 3 is 2.76 bits per heavy atom. The second-order valence-corrected chi connectivity index (χ2v) is 4.49. The Balaban J connectivity index is 1.63. The van der Waals surface area contributed by atoms with Gasteiger partial charge in [-0.05, 0) is 37.1 Å². The lowest BCUT2D eigenvalue weighted by molar-refractivity contribution is -0.123. The molecule has 0 unspecified atom stereocenters. The Morgan fingerprint density at radius 2 is 2.00 bits per heavy atom. The molecule has 0 spiro atoms. The van der Waals surface area contributed by atoms with E-state index in [0.29, 0.717) is 6.54 Å². The van der Waals surface area contributed by atoms with E-state index in [1.807, 2.05) is 18.2 Å². The summed E-state index contributed by atoms with van der Waals surface area (Å²) in [5.41, 5.74) is 0.995. The summed E-state index contributed by atoms with van der Waals surface area (Å²) in [7, 11) is 0. The number of nitrogens with zero attached hydrogens (tertiary/aromatic N) is 1. The van der Waals surface area contributed by atoms with Crippen molar-refractivity contribution in [2.75, 3.05) is 13.2 Å². The van der Waals surface area contributed by atoms with Crippen molar-refractivity contribution in [2.24, 2.45) is 0 Å². The van der Waals surface area contributed by atoms with Gasteiger partial charge in [-0.15, -0.1) is 0 Å². The molecule has 21 heavy (non-hydrogen) atoms. The molecule has 0 atom stereocenters. The summed E-state index contributed by atoms with van der Waals surface area (Å²) in [4.78, 5) is 15.8. The van der Waals surface area contributed by atoms with Crippen LogP contribution in [-0.4, -0.2) is 24.0 Å². The molecule has 0 aliphatic carbocycles. The molecule has 0 saturated carbocycles. The van der Waals surface area contributed by atoms with Gasteiger partial charge in [0.1, 0.15) is 0 Å². The molecule has 1 aromatic carbocycles. The number of carbonyl (C=O) groups is 1. The minimum absolute atomic E-state index is 0.0844. The third kappa shape index (κ3) is 5.22. The predicted octanol–water partition coefficient (Wildman–Crippen LogP) is 2.35. The number of benzene rings is 1. The SMILES string of the molecule is O=C(COc1ccccc1F)NCCCc1ccccn1. The van der Waals surface area contributed by atoms with Crippen LogP contribution >= 0.6 is 0 Å². The zero-order valence-electron chi connectivity index (χ0n) is 11.6. The molecule has 1 aromatic heterocycles. The first-order valence-corrected chi connectivity index (χ1v) is 6.79. The number of aromatic nitrogens is 1. The number of halogens is 1. The Hall–Kier alpha value is -2.43. The number of para-hydroxylation sites is 1. The molecule has 2 rings (SSSR count). The topological polar surface area (TPSA) is 51.2 Å². The second kappa shape index (κ2) is 7.99. The van der Waals surface area contributed by atoms with Crippen LogP contribution in [0.3, 0.4) is 0 Å². The van der Waals surface area contributed by atoms with E-state index < -0.39 is 5.82 Å². The predicted molar refractivity (Wildman–Crippen MR) is 77.5 cm³/mol. The van der Waals surface area contributed by atoms with Crippen molar-refractivity contribution < 1.29 is 13.9 Å². The van der Waals surface area contributed by atoms with E-state index in [1.165, 1.54) is 12.1 Å². The third-order valence-electron chi connectivity index (χ3n) is 2.85. The Morgan fingerprint density at radius 1 is 1.19 bits per heavy atom. The molecule has 0 bridgehead atoms. The molecule has 5 heteroatoms. The van der Waals surface area contributed by atoms with Gasteiger partial charge in [0.05, 0.1) is 0 Å². The number of ether oxygens (including phenoxy) is 1. The zero-order chi connectivity index (χ0) is 14.9. The summed E-state index contributed by atoms with van der Waals surface area (Å²) >= 11 is 0. The molecule has 0 radical (unpaired) electrons. The monoisotopic (exact) mass is 288 g/mol. The Kier molecular flexibility index (Phi) is 5.70. The average molecular weight is 288 g/mol. The molecule has 0 aliphatic rings. The van der Waals surface area contributed by atoms with Gasteiger partial charge >= 0.3 is 0 Å². The molecule has 1 N–H and O–H groups in total. The summed E-state index contributed by atoms with van der Waals surface area (Å²) in [6, 6.07) is 11.8. The lowest BCUT2D eigenvalue weighted by Gasteiger charge is -2.08. The fraction of sp³-hybridized carbons (Fsp3) is 0.250. The molecule has 110 valence electrons. The lowest BCUT2D eigenvalue weighted by Crippen LogP contribution is -2.30. The molecular weight excluding hydrogens is 271 g/mol. The van der Waals surface area contributed by atoms with E-state index in [2.05, 4.69) is 10.3 Å². The fourth-order valence-corrected chi connectivity index (χ4v) is 1.80. The van der Waals surface area contributed by atoms with Gasteiger partial charge in [0, 0.05) is 18.4 Å². The van der Waals surface area contributed by atoms with Gasteiger partial charge in [0.2, 0.25) is 0 Å². The molecule has 1 heterocycles. The minimum atomic E-state index is -0.472. The average Bonchev–Trinajstić information content (AvgIpc) is 2.52. The van der Waals surface area contributed by atoms with Crippen LogP contribution in [0.25, 0.3) is 0 Å². The van der Waals surface area contributed by atoms with Crippen molar-refractivity contribution in [1.82, 2.24) is 10.3 Å². The minimum Gasteiger partial charge on any atom is -0.481 e. The Labute approximate surface area is 123 Å². The highest BCUT2D eigenvalue weighted by molar-refractivity contribution is 5.77. The number of hydrogen-bond donors (Lipinski definition) is 1. The van der Waals surface area contributed by atoms with Crippen molar-refractivity contribution >= 4 is 5.91 Å². The first kappa shape index (κ1) is 15.0. The van der Waals surface area contributed by atoms with Crippen LogP contribution in [0.1, 0.15) is 12.1 Å². The number of rotatable bonds is 7. The summed E-state index contributed by atoms with van der Waals surface area (Å²) in [6.45, 7) is 0.348. The van der Waals surface area contributed by atoms with Crippen LogP contribution in [0.5, 0.6) is 5.75 Å². The standard InChI is InChI=1S/C16H17FN2O2/c17-14-8-1-2-9-15(14)21-12-16(20)19-11-5-7-13-6-3-4-10-18-13/h1-4,6,8-10H,5,7,11-12H2,(H,19,20). The van der Waals surface area contributed by atoms with Gasteiger partial charge in [-0.2, -0.15) is 0 Å². The van der Waals surface area contributed by atoms with Crippen molar-refractivity contribution in [1.29, 1.82) is 0 Å². The third-order valence-corrected chi connectivity index (χ3v) is 2.85. The molecular formula is C16H17FN2O2. The van der Waals surface area contributed by atoms with E-state index in [4.69, 9.17) is 4.74 Å². The van der Waals surface area contributed by atoms with Gasteiger partial charge < -0.3 is 10.1 Å². The van der Waals surface area contributed by atoms with Crippen LogP contribution in [-0.2, 0) is 11.2 Å². The number of nitrogens with one attached hydrogen (secondary N) is 1. The summed E-state index contributed by atoms with van der Waals surface area (Å²) in [5.74, 6) is -0.652. The number of pyridine rings is 1. The van der Waals surface area contributed by atoms with Crippen molar-refractivity contribution in [3.8, 4) is 5.75 Å². The highest BCUT2D eigenvalue weighted by Crippen LogP contribution is 2.14. The maximum absolute atomic E-state index is 13.3. The summed E-state index contributed by atoms with van der Waals surface area (Å²) < 4.78 is 18.4. The first-order valence-electron chi connectivity index (χ1n) is 6.79. The van der Waals surface area contributed by atoms with E-state index in [0.717, 1.165) is 18.5 Å². The number of carbonyl (C=O) groups excluding carboxylic acids is 1. The van der Waals surface area contributed by atoms with Crippen molar-refractivity contribution in [2.45, 2.75) is 12.8 Å². The maximum Gasteiger partial charge on any atom is 0.257 e. The van der Waals surface area contributed by atoms with Crippen molar-refractivity contribution in [3.63, 3.8) is 0 Å². The smallest absolute Gasteiger partial charge is 0.257 e. The molecule has 0 saturated heterocycles. The van der Waals surface area contributed by atoms with Gasteiger partial charge in [-0.3, -0.25) is 9.78 Å². The number of hydrogen-bond acceptors (Lipinski definition) is 3.